The maximum atomic E-state index is 4.40. The molecule has 0 saturated carbocycles. The Labute approximate surface area is 80.2 Å². The van der Waals surface area contributed by atoms with E-state index in [-0.39, 0.29) is 0 Å². The van der Waals surface area contributed by atoms with Gasteiger partial charge in [-0.3, -0.25) is 0 Å². The molecule has 2 atom stereocenters. The molecule has 0 saturated heterocycles. The van der Waals surface area contributed by atoms with E-state index < -0.39 is 0 Å². The number of allylic oxidation sites excluding steroid dienone is 2. The first-order valence-corrected chi connectivity index (χ1v) is 5.52. The van der Waals surface area contributed by atoms with E-state index in [2.05, 4.69) is 33.4 Å². The number of rotatable bonds is 0. The van der Waals surface area contributed by atoms with Crippen LogP contribution < -0.4 is 0 Å². The first-order valence-electron chi connectivity index (χ1n) is 4.19. The van der Waals surface area contributed by atoms with Crippen LogP contribution >= 0.6 is 24.4 Å². The van der Waals surface area contributed by atoms with Gasteiger partial charge in [0, 0.05) is 5.25 Å². The van der Waals surface area contributed by atoms with Crippen LogP contribution in [0.1, 0.15) is 34.6 Å². The second-order valence-electron chi connectivity index (χ2n) is 2.55. The Hall–Kier alpha value is 0.440. The predicted octanol–water partition coefficient (Wildman–Crippen LogP) is 3.95. The molecule has 0 aromatic carbocycles. The van der Waals surface area contributed by atoms with Crippen LogP contribution in [0.25, 0.3) is 0 Å². The zero-order valence-electron chi connectivity index (χ0n) is 8.01. The van der Waals surface area contributed by atoms with Gasteiger partial charge >= 0.3 is 0 Å². The predicted molar refractivity (Wildman–Crippen MR) is 59.3 cm³/mol. The fourth-order valence-corrected chi connectivity index (χ4v) is 2.67. The standard InChI is InChI=1S/C7H12S2.C2H6/c1-4-5(2)9-6(3)7(4)8;1-2/h4-5,8H,1-3H3;1-2H3. The molecule has 11 heavy (non-hydrogen) atoms. The summed E-state index contributed by atoms with van der Waals surface area (Å²) < 4.78 is 0. The van der Waals surface area contributed by atoms with Crippen molar-refractivity contribution < 1.29 is 0 Å². The maximum Gasteiger partial charge on any atom is 0.0134 e. The molecule has 2 unspecified atom stereocenters. The summed E-state index contributed by atoms with van der Waals surface area (Å²) in [4.78, 5) is 2.69. The van der Waals surface area contributed by atoms with Gasteiger partial charge in [-0.2, -0.15) is 0 Å². The molecule has 1 rings (SSSR count). The lowest BCUT2D eigenvalue weighted by atomic mass is 10.1. The zero-order chi connectivity index (χ0) is 9.02. The maximum absolute atomic E-state index is 4.40. The van der Waals surface area contributed by atoms with Crippen molar-refractivity contribution in [2.24, 2.45) is 5.92 Å². The van der Waals surface area contributed by atoms with Crippen molar-refractivity contribution in [3.8, 4) is 0 Å². The average molecular weight is 190 g/mol. The lowest BCUT2D eigenvalue weighted by Crippen LogP contribution is -2.03. The molecule has 0 radical (unpaired) electrons. The van der Waals surface area contributed by atoms with E-state index >= 15 is 0 Å². The van der Waals surface area contributed by atoms with Crippen LogP contribution in [0, 0.1) is 5.92 Å². The molecule has 0 N–H and O–H groups in total. The van der Waals surface area contributed by atoms with Crippen molar-refractivity contribution in [3.63, 3.8) is 0 Å². The summed E-state index contributed by atoms with van der Waals surface area (Å²) in [5.74, 6) is 0.665. The van der Waals surface area contributed by atoms with E-state index in [0.29, 0.717) is 5.92 Å². The summed E-state index contributed by atoms with van der Waals surface area (Å²) in [5, 5.41) is 0.734. The molecule has 0 amide bonds. The molecule has 1 aliphatic heterocycles. The van der Waals surface area contributed by atoms with Crippen molar-refractivity contribution in [1.29, 1.82) is 0 Å². The average Bonchev–Trinajstić information content (AvgIpc) is 2.22. The highest BCUT2D eigenvalue weighted by Gasteiger charge is 2.24. The van der Waals surface area contributed by atoms with Gasteiger partial charge in [-0.1, -0.05) is 27.7 Å². The molecular weight excluding hydrogens is 172 g/mol. The number of hydrogen-bond donors (Lipinski definition) is 1. The van der Waals surface area contributed by atoms with Gasteiger partial charge in [-0.25, -0.2) is 0 Å². The second-order valence-corrected chi connectivity index (χ2v) is 4.63. The topological polar surface area (TPSA) is 0 Å². The van der Waals surface area contributed by atoms with Crippen molar-refractivity contribution >= 4 is 24.4 Å². The Kier molecular flexibility index (Phi) is 5.36. The largest absolute Gasteiger partial charge is 0.147 e. The lowest BCUT2D eigenvalue weighted by Gasteiger charge is -2.07. The molecule has 0 nitrogen and oxygen atoms in total. The summed E-state index contributed by atoms with van der Waals surface area (Å²) in [7, 11) is 0. The van der Waals surface area contributed by atoms with Crippen molar-refractivity contribution in [1.82, 2.24) is 0 Å². The molecule has 2 heteroatoms. The van der Waals surface area contributed by atoms with Gasteiger partial charge < -0.3 is 0 Å². The molecule has 0 spiro atoms. The first kappa shape index (κ1) is 11.4. The van der Waals surface area contributed by atoms with Gasteiger partial charge in [0.25, 0.3) is 0 Å². The monoisotopic (exact) mass is 190 g/mol. The fraction of sp³-hybridized carbons (Fsp3) is 0.778. The van der Waals surface area contributed by atoms with E-state index in [0.717, 1.165) is 5.25 Å². The minimum Gasteiger partial charge on any atom is -0.147 e. The molecule has 0 aromatic heterocycles. The molecule has 0 aromatic rings. The van der Waals surface area contributed by atoms with Crippen molar-refractivity contribution in [2.45, 2.75) is 39.9 Å². The Morgan fingerprint density at radius 3 is 1.82 bits per heavy atom. The molecule has 1 heterocycles. The third-order valence-corrected chi connectivity index (χ3v) is 4.11. The van der Waals surface area contributed by atoms with Crippen LogP contribution in [0.5, 0.6) is 0 Å². The van der Waals surface area contributed by atoms with Gasteiger partial charge in [0.1, 0.15) is 0 Å². The Morgan fingerprint density at radius 2 is 1.73 bits per heavy atom. The molecule has 0 fully saturated rings. The van der Waals surface area contributed by atoms with Crippen LogP contribution in [0.2, 0.25) is 0 Å². The van der Waals surface area contributed by atoms with Crippen LogP contribution in [-0.2, 0) is 0 Å². The fourth-order valence-electron chi connectivity index (χ4n) is 0.984. The molecule has 66 valence electrons. The Balaban J connectivity index is 0.000000461. The molecule has 1 aliphatic rings. The summed E-state index contributed by atoms with van der Waals surface area (Å²) in [5.41, 5.74) is 0. The third-order valence-electron chi connectivity index (χ3n) is 1.86. The number of thiol groups is 1. The lowest BCUT2D eigenvalue weighted by molar-refractivity contribution is 0.719. The molecule has 0 aliphatic carbocycles. The highest BCUT2D eigenvalue weighted by atomic mass is 32.2. The van der Waals surface area contributed by atoms with E-state index in [1.807, 2.05) is 25.6 Å². The highest BCUT2D eigenvalue weighted by Crippen LogP contribution is 2.42. The van der Waals surface area contributed by atoms with Gasteiger partial charge in [-0.15, -0.1) is 24.4 Å². The minimum atomic E-state index is 0.665. The van der Waals surface area contributed by atoms with Gasteiger partial charge in [0.2, 0.25) is 0 Å². The summed E-state index contributed by atoms with van der Waals surface area (Å²) in [6, 6.07) is 0. The van der Waals surface area contributed by atoms with Crippen LogP contribution in [0.15, 0.2) is 9.81 Å². The Bertz CT molecular complexity index is 150. The van der Waals surface area contributed by atoms with Gasteiger partial charge in [0.15, 0.2) is 0 Å². The van der Waals surface area contributed by atoms with Gasteiger partial charge in [0.05, 0.1) is 0 Å². The first-order chi connectivity index (χ1) is 5.13. The van der Waals surface area contributed by atoms with Crippen LogP contribution in [-0.4, -0.2) is 5.25 Å². The second kappa shape index (κ2) is 5.15. The number of thioether (sulfide) groups is 1. The van der Waals surface area contributed by atoms with E-state index in [1.165, 1.54) is 9.81 Å². The van der Waals surface area contributed by atoms with E-state index in [1.54, 1.807) is 0 Å². The van der Waals surface area contributed by atoms with Crippen molar-refractivity contribution in [2.75, 3.05) is 0 Å². The summed E-state index contributed by atoms with van der Waals surface area (Å²) in [6.45, 7) is 10.6. The quantitative estimate of drug-likeness (QED) is 0.564. The summed E-state index contributed by atoms with van der Waals surface area (Å²) in [6.07, 6.45) is 0. The molecular formula is C9H18S2. The van der Waals surface area contributed by atoms with E-state index in [4.69, 9.17) is 0 Å². The normalized spacial score (nSPS) is 30.0. The van der Waals surface area contributed by atoms with Crippen molar-refractivity contribution in [3.05, 3.63) is 9.81 Å². The SMILES string of the molecule is CC.CC1=C(S)C(C)C(C)S1. The van der Waals surface area contributed by atoms with Crippen LogP contribution in [0.4, 0.5) is 0 Å². The van der Waals surface area contributed by atoms with E-state index in [9.17, 15) is 0 Å². The summed E-state index contributed by atoms with van der Waals surface area (Å²) >= 11 is 6.34. The molecule has 0 bridgehead atoms. The minimum absolute atomic E-state index is 0.665. The zero-order valence-corrected chi connectivity index (χ0v) is 9.72. The smallest absolute Gasteiger partial charge is 0.0134 e. The van der Waals surface area contributed by atoms with Crippen LogP contribution in [0.3, 0.4) is 0 Å². The van der Waals surface area contributed by atoms with Gasteiger partial charge in [-0.05, 0) is 22.7 Å². The third kappa shape index (κ3) is 2.75. The highest BCUT2D eigenvalue weighted by molar-refractivity contribution is 8.04. The Morgan fingerprint density at radius 1 is 1.27 bits per heavy atom. The number of hydrogen-bond acceptors (Lipinski definition) is 2.